The van der Waals surface area contributed by atoms with Gasteiger partial charge in [-0.15, -0.1) is 6.58 Å². The summed E-state index contributed by atoms with van der Waals surface area (Å²) in [6, 6.07) is -0.338. The number of ketones is 1. The van der Waals surface area contributed by atoms with Crippen LogP contribution in [0.1, 0.15) is 116 Å². The van der Waals surface area contributed by atoms with Crippen LogP contribution >= 0.6 is 12.8 Å². The molecule has 0 aromatic heterocycles. The Morgan fingerprint density at radius 2 is 1.57 bits per heavy atom. The van der Waals surface area contributed by atoms with E-state index in [0.717, 1.165) is 32.5 Å². The molecule has 0 aromatic carbocycles. The maximum Gasteiger partial charge on any atom is 0.315 e. The molecule has 1 fully saturated rings. The van der Waals surface area contributed by atoms with E-state index in [9.17, 15) is 24.0 Å². The molecule has 0 spiro atoms. The predicted octanol–water partition coefficient (Wildman–Crippen LogP) is 4.71. The molecule has 1 heterocycles. The van der Waals surface area contributed by atoms with Crippen LogP contribution in [-0.4, -0.2) is 103 Å². The van der Waals surface area contributed by atoms with Crippen molar-refractivity contribution in [1.29, 1.82) is 0 Å². The Labute approximate surface area is 304 Å². The van der Waals surface area contributed by atoms with Gasteiger partial charge in [-0.2, -0.15) is 0 Å². The fourth-order valence-corrected chi connectivity index (χ4v) is 4.26. The van der Waals surface area contributed by atoms with Crippen LogP contribution in [0.25, 0.3) is 0 Å². The van der Waals surface area contributed by atoms with E-state index in [-0.39, 0.29) is 47.9 Å². The molecule has 3 atom stereocenters. The Balaban J connectivity index is -0.000000969. The van der Waals surface area contributed by atoms with Gasteiger partial charge in [0.05, 0.1) is 6.54 Å². The van der Waals surface area contributed by atoms with Crippen LogP contribution in [0.3, 0.4) is 0 Å². The summed E-state index contributed by atoms with van der Waals surface area (Å²) < 4.78 is 1.98. The number of unbranched alkanes of at least 4 members (excludes halogenated alkanes) is 1. The molecule has 0 aliphatic carbocycles. The van der Waals surface area contributed by atoms with E-state index < -0.39 is 17.7 Å². The summed E-state index contributed by atoms with van der Waals surface area (Å²) in [7, 11) is 0. The second-order valence-electron chi connectivity index (χ2n) is 14.2. The topological polar surface area (TPSA) is 152 Å². The van der Waals surface area contributed by atoms with E-state index in [2.05, 4.69) is 101 Å². The van der Waals surface area contributed by atoms with Crippen LogP contribution in [0.5, 0.6) is 0 Å². The van der Waals surface area contributed by atoms with Crippen LogP contribution in [0.4, 0.5) is 4.79 Å². The molecule has 12 nitrogen and oxygen atoms in total. The van der Waals surface area contributed by atoms with E-state index in [1.165, 1.54) is 18.9 Å². The largest absolute Gasteiger partial charge is 0.351 e. The number of hydrogen-bond donors (Lipinski definition) is 6. The molecule has 0 aromatic rings. The summed E-state index contributed by atoms with van der Waals surface area (Å²) in [6.07, 6.45) is 6.50. The number of Topliss-reactive ketones (excluding diaryl/α,β-unsaturated/α-hetero) is 1. The Morgan fingerprint density at radius 1 is 1.00 bits per heavy atom. The first-order valence-electron chi connectivity index (χ1n) is 17.9. The lowest BCUT2D eigenvalue weighted by molar-refractivity contribution is -0.137. The molecular weight excluding hydrogens is 643 g/mol. The van der Waals surface area contributed by atoms with Crippen LogP contribution < -0.4 is 26.6 Å². The first-order valence-corrected chi connectivity index (χ1v) is 18.3. The van der Waals surface area contributed by atoms with Crippen LogP contribution in [0.15, 0.2) is 12.7 Å². The quantitative estimate of drug-likeness (QED) is 0.0446. The van der Waals surface area contributed by atoms with Gasteiger partial charge in [-0.3, -0.25) is 19.2 Å². The molecule has 0 radical (unpaired) electrons. The molecule has 1 aliphatic heterocycles. The number of nitrogens with one attached hydrogen (secondary N) is 5. The number of rotatable bonds is 16. The van der Waals surface area contributed by atoms with Crippen molar-refractivity contribution in [2.75, 3.05) is 39.3 Å². The van der Waals surface area contributed by atoms with Gasteiger partial charge in [-0.1, -0.05) is 101 Å². The molecule has 0 bridgehead atoms. The smallest absolute Gasteiger partial charge is 0.315 e. The lowest BCUT2D eigenvalue weighted by atomic mass is 9.85. The number of likely N-dealkylation sites (tertiary alicyclic amines) is 1. The van der Waals surface area contributed by atoms with Gasteiger partial charge >= 0.3 is 6.03 Å². The van der Waals surface area contributed by atoms with Gasteiger partial charge in [0.2, 0.25) is 18.1 Å². The Bertz CT molecular complexity index is 927. The lowest BCUT2D eigenvalue weighted by Gasteiger charge is -2.37. The van der Waals surface area contributed by atoms with E-state index >= 15 is 0 Å². The Hall–Kier alpha value is -2.64. The minimum atomic E-state index is -0.718. The monoisotopic (exact) mass is 716 g/mol. The molecule has 5 amide bonds. The van der Waals surface area contributed by atoms with Gasteiger partial charge in [0.15, 0.2) is 0 Å². The highest BCUT2D eigenvalue weighted by molar-refractivity contribution is 7.77. The van der Waals surface area contributed by atoms with Crippen molar-refractivity contribution in [3.05, 3.63) is 12.7 Å². The summed E-state index contributed by atoms with van der Waals surface area (Å²) in [5.74, 6) is -1.38. The highest BCUT2D eigenvalue weighted by atomic mass is 32.1. The van der Waals surface area contributed by atoms with Crippen molar-refractivity contribution in [2.45, 2.75) is 140 Å². The second kappa shape index (κ2) is 28.1. The minimum absolute atomic E-state index is 0.0145. The molecule has 49 heavy (non-hydrogen) atoms. The van der Waals surface area contributed by atoms with Crippen molar-refractivity contribution in [1.82, 2.24) is 35.8 Å². The van der Waals surface area contributed by atoms with Crippen molar-refractivity contribution < 1.29 is 24.0 Å². The third-order valence-electron chi connectivity index (χ3n) is 7.54. The molecule has 288 valence electrons. The summed E-state index contributed by atoms with van der Waals surface area (Å²) in [4.78, 5) is 59.3. The maximum absolute atomic E-state index is 13.2. The molecule has 1 rings (SSSR count). The summed E-state index contributed by atoms with van der Waals surface area (Å²) in [5.41, 5.74) is -0.507. The van der Waals surface area contributed by atoms with Gasteiger partial charge in [0, 0.05) is 50.8 Å². The van der Waals surface area contributed by atoms with Crippen molar-refractivity contribution in [3.8, 4) is 0 Å². The van der Waals surface area contributed by atoms with Crippen molar-refractivity contribution in [2.24, 2.45) is 10.8 Å². The van der Waals surface area contributed by atoms with Gasteiger partial charge < -0.3 is 31.5 Å². The highest BCUT2D eigenvalue weighted by Gasteiger charge is 2.39. The molecule has 13 heteroatoms. The fourth-order valence-electron chi connectivity index (χ4n) is 4.16. The summed E-state index contributed by atoms with van der Waals surface area (Å²) >= 11 is 4.47. The second-order valence-corrected chi connectivity index (χ2v) is 14.8. The first-order chi connectivity index (χ1) is 22.8. The minimum Gasteiger partial charge on any atom is -0.351 e. The SMILES string of the molecule is C=CCNC(=O)C(=O)CNC=O.CC.CC(C)N(S)CCNCC(NC(=O)NC(C(=O)N1CCCC1C)C(C)(C)C)C(C)(C)C.CCCC. The maximum atomic E-state index is 13.2. The number of amides is 5. The van der Waals surface area contributed by atoms with Crippen LogP contribution in [0.2, 0.25) is 0 Å². The fraction of sp³-hybridized carbons (Fsp3) is 0.806. The lowest BCUT2D eigenvalue weighted by Crippen LogP contribution is -2.60. The zero-order valence-electron chi connectivity index (χ0n) is 33.1. The molecular formula is C36H73N7O5S. The molecule has 1 saturated heterocycles. The molecule has 0 saturated carbocycles. The van der Waals surface area contributed by atoms with Gasteiger partial charge in [-0.05, 0) is 44.4 Å². The first kappa shape index (κ1) is 50.7. The van der Waals surface area contributed by atoms with Crippen LogP contribution in [0, 0.1) is 10.8 Å². The van der Waals surface area contributed by atoms with Crippen molar-refractivity contribution in [3.63, 3.8) is 0 Å². The summed E-state index contributed by atoms with van der Waals surface area (Å²) in [6.45, 7) is 33.3. The number of hydrogen-bond acceptors (Lipinski definition) is 8. The number of nitrogens with zero attached hydrogens (tertiary/aromatic N) is 2. The van der Waals surface area contributed by atoms with Gasteiger partial charge in [0.1, 0.15) is 6.04 Å². The average Bonchev–Trinajstić information content (AvgIpc) is 3.48. The molecule has 3 unspecified atom stereocenters. The standard InChI is InChI=1S/C23H47N5O2S.C7H10N2O3.C4H10.C2H6/c1-16(2)28(31)14-12-24-15-18(22(4,5)6)25-21(30)26-19(23(7,8)9)20(29)27-13-10-11-17(27)3;1-2-3-9-7(12)6(11)4-8-5-10;1-3-4-2;1-2/h16-19,24,31H,10-15H2,1-9H3,(H2,25,26,30);2,5H,1,3-4H2,(H,8,10)(H,9,12);3-4H2,1-2H3;1-2H3. The zero-order valence-corrected chi connectivity index (χ0v) is 34.0. The van der Waals surface area contributed by atoms with Crippen LogP contribution in [-0.2, 0) is 19.2 Å². The van der Waals surface area contributed by atoms with E-state index in [0.29, 0.717) is 19.0 Å². The molecule has 1 aliphatic rings. The molecule has 5 N–H and O–H groups in total. The van der Waals surface area contributed by atoms with Gasteiger partial charge in [0.25, 0.3) is 5.91 Å². The van der Waals surface area contributed by atoms with Gasteiger partial charge in [-0.25, -0.2) is 9.10 Å². The third-order valence-corrected chi connectivity index (χ3v) is 8.21. The third kappa shape index (κ3) is 24.2. The van der Waals surface area contributed by atoms with E-state index in [1.807, 2.05) is 43.8 Å². The number of urea groups is 1. The van der Waals surface area contributed by atoms with E-state index in [1.54, 1.807) is 0 Å². The Kier molecular flexibility index (Phi) is 29.1. The zero-order chi connectivity index (χ0) is 38.8. The summed E-state index contributed by atoms with van der Waals surface area (Å²) in [5, 5.41) is 13.9. The average molecular weight is 716 g/mol. The highest BCUT2D eigenvalue weighted by Crippen LogP contribution is 2.26. The predicted molar refractivity (Wildman–Crippen MR) is 206 cm³/mol. The number of carbonyl (C=O) groups excluding carboxylic acids is 5. The van der Waals surface area contributed by atoms with E-state index in [4.69, 9.17) is 0 Å². The number of thiol groups is 1. The van der Waals surface area contributed by atoms with Crippen molar-refractivity contribution >= 4 is 42.9 Å². The normalized spacial score (nSPS) is 15.2. The number of carbonyl (C=O) groups is 5. The Morgan fingerprint density at radius 3 is 1.98 bits per heavy atom.